The molecule has 1 aliphatic rings. The Bertz CT molecular complexity index is 662. The third kappa shape index (κ3) is 3.13. The van der Waals surface area contributed by atoms with Gasteiger partial charge in [-0.2, -0.15) is 0 Å². The fourth-order valence-corrected chi connectivity index (χ4v) is 2.70. The second-order valence-corrected chi connectivity index (χ2v) is 5.38. The number of aromatic nitrogens is 2. The summed E-state index contributed by atoms with van der Waals surface area (Å²) in [6.07, 6.45) is 5.54. The van der Waals surface area contributed by atoms with E-state index in [1.165, 1.54) is 23.5 Å². The number of nitrogens with zero attached hydrogens (tertiary/aromatic N) is 2. The zero-order valence-electron chi connectivity index (χ0n) is 11.3. The van der Waals surface area contributed by atoms with Gasteiger partial charge in [-0.05, 0) is 30.4 Å². The summed E-state index contributed by atoms with van der Waals surface area (Å²) in [7, 11) is 0. The zero-order valence-corrected chi connectivity index (χ0v) is 12.1. The molecule has 21 heavy (non-hydrogen) atoms. The van der Waals surface area contributed by atoms with E-state index in [1.54, 1.807) is 0 Å². The summed E-state index contributed by atoms with van der Waals surface area (Å²) in [5.74, 6) is 0.262. The lowest BCUT2D eigenvalue weighted by molar-refractivity contribution is -0.124. The molecule has 1 amide bonds. The molecule has 0 bridgehead atoms. The molecular formula is C15H15ClN4O. The average molecular weight is 303 g/mol. The lowest BCUT2D eigenvalue weighted by Crippen LogP contribution is -2.37. The second kappa shape index (κ2) is 6.10. The molecule has 108 valence electrons. The van der Waals surface area contributed by atoms with E-state index in [0.717, 1.165) is 19.3 Å². The number of amides is 1. The highest BCUT2D eigenvalue weighted by Crippen LogP contribution is 2.25. The van der Waals surface area contributed by atoms with E-state index in [9.17, 15) is 4.79 Å². The molecule has 5 nitrogen and oxygen atoms in total. The number of rotatable bonds is 3. The lowest BCUT2D eigenvalue weighted by Gasteiger charge is -2.23. The van der Waals surface area contributed by atoms with E-state index < -0.39 is 0 Å². The van der Waals surface area contributed by atoms with Gasteiger partial charge in [-0.15, -0.1) is 0 Å². The van der Waals surface area contributed by atoms with Crippen LogP contribution in [0.25, 0.3) is 0 Å². The summed E-state index contributed by atoms with van der Waals surface area (Å²) in [6, 6.07) is 8.26. The molecule has 0 saturated heterocycles. The molecule has 0 fully saturated rings. The number of aryl methyl sites for hydroxylation is 1. The second-order valence-electron chi connectivity index (χ2n) is 5.02. The monoisotopic (exact) mass is 302 g/mol. The Hall–Kier alpha value is -2.14. The molecule has 1 atom stereocenters. The van der Waals surface area contributed by atoms with Gasteiger partial charge in [-0.3, -0.25) is 15.6 Å². The fourth-order valence-electron chi connectivity index (χ4n) is 2.55. The molecule has 0 saturated carbocycles. The first-order chi connectivity index (χ1) is 10.2. The Morgan fingerprint density at radius 2 is 1.95 bits per heavy atom. The lowest BCUT2D eigenvalue weighted by atomic mass is 9.83. The van der Waals surface area contributed by atoms with Crippen molar-refractivity contribution in [2.75, 3.05) is 5.43 Å². The molecule has 2 N–H and O–H groups in total. The van der Waals surface area contributed by atoms with Gasteiger partial charge < -0.3 is 0 Å². The van der Waals surface area contributed by atoms with Gasteiger partial charge in [0.15, 0.2) is 11.0 Å². The van der Waals surface area contributed by atoms with Crippen molar-refractivity contribution < 1.29 is 4.79 Å². The highest BCUT2D eigenvalue weighted by molar-refractivity contribution is 6.31. The molecule has 1 aliphatic carbocycles. The van der Waals surface area contributed by atoms with E-state index in [0.29, 0.717) is 5.82 Å². The maximum atomic E-state index is 12.2. The summed E-state index contributed by atoms with van der Waals surface area (Å²) in [5.41, 5.74) is 7.98. The number of hydrogen-bond donors (Lipinski definition) is 2. The van der Waals surface area contributed by atoms with Crippen LogP contribution in [0.5, 0.6) is 0 Å². The van der Waals surface area contributed by atoms with E-state index in [2.05, 4.69) is 33.0 Å². The van der Waals surface area contributed by atoms with Gasteiger partial charge in [0.05, 0.1) is 0 Å². The normalized spacial score (nSPS) is 16.9. The minimum Gasteiger partial charge on any atom is -0.279 e. The molecule has 1 unspecified atom stereocenters. The number of halogens is 1. The Labute approximate surface area is 127 Å². The van der Waals surface area contributed by atoms with Crippen LogP contribution in [-0.4, -0.2) is 15.9 Å². The van der Waals surface area contributed by atoms with Gasteiger partial charge in [0.1, 0.15) is 0 Å². The quantitative estimate of drug-likeness (QED) is 0.854. The Morgan fingerprint density at radius 1 is 1.19 bits per heavy atom. The first-order valence-corrected chi connectivity index (χ1v) is 7.21. The Morgan fingerprint density at radius 3 is 2.76 bits per heavy atom. The van der Waals surface area contributed by atoms with Crippen molar-refractivity contribution in [3.05, 3.63) is 52.9 Å². The zero-order chi connectivity index (χ0) is 14.7. The van der Waals surface area contributed by atoms with E-state index in [-0.39, 0.29) is 17.0 Å². The van der Waals surface area contributed by atoms with Crippen molar-refractivity contribution in [1.82, 2.24) is 15.4 Å². The van der Waals surface area contributed by atoms with Gasteiger partial charge in [0, 0.05) is 18.3 Å². The first-order valence-electron chi connectivity index (χ1n) is 6.83. The predicted molar refractivity (Wildman–Crippen MR) is 80.8 cm³/mol. The topological polar surface area (TPSA) is 66.9 Å². The number of fused-ring (bicyclic) bond motifs is 1. The molecule has 1 aromatic heterocycles. The number of anilines is 1. The highest BCUT2D eigenvalue weighted by Gasteiger charge is 2.24. The summed E-state index contributed by atoms with van der Waals surface area (Å²) in [5, 5.41) is 0.229. The fraction of sp³-hybridized carbons (Fsp3) is 0.267. The van der Waals surface area contributed by atoms with Gasteiger partial charge in [-0.25, -0.2) is 9.97 Å². The smallest absolute Gasteiger partial charge is 0.241 e. The van der Waals surface area contributed by atoms with Crippen molar-refractivity contribution in [3.8, 4) is 0 Å². The molecule has 0 spiro atoms. The SMILES string of the molecule is O=C(NNc1nccnc1Cl)C1CCc2ccccc2C1. The van der Waals surface area contributed by atoms with Crippen molar-refractivity contribution in [2.24, 2.45) is 5.92 Å². The number of benzene rings is 1. The van der Waals surface area contributed by atoms with Crippen molar-refractivity contribution in [3.63, 3.8) is 0 Å². The van der Waals surface area contributed by atoms with Gasteiger partial charge in [0.25, 0.3) is 0 Å². The van der Waals surface area contributed by atoms with Crippen LogP contribution >= 0.6 is 11.6 Å². The number of nitrogens with one attached hydrogen (secondary N) is 2. The van der Waals surface area contributed by atoms with Crippen LogP contribution in [0.2, 0.25) is 5.15 Å². The molecule has 1 heterocycles. The van der Waals surface area contributed by atoms with Crippen LogP contribution in [0.3, 0.4) is 0 Å². The molecular weight excluding hydrogens is 288 g/mol. The summed E-state index contributed by atoms with van der Waals surface area (Å²) in [4.78, 5) is 20.1. The van der Waals surface area contributed by atoms with Crippen LogP contribution in [0.15, 0.2) is 36.7 Å². The third-order valence-corrected chi connectivity index (χ3v) is 3.95. The van der Waals surface area contributed by atoms with E-state index in [1.807, 2.05) is 12.1 Å². The Kier molecular flexibility index (Phi) is 4.01. The first kappa shape index (κ1) is 13.8. The van der Waals surface area contributed by atoms with Crippen molar-refractivity contribution in [2.45, 2.75) is 19.3 Å². The average Bonchev–Trinajstić information content (AvgIpc) is 2.53. The standard InChI is InChI=1S/C15H15ClN4O/c16-13-14(18-8-7-17-13)19-20-15(21)12-6-5-10-3-1-2-4-11(10)9-12/h1-4,7-8,12H,5-6,9H2,(H,18,19)(H,20,21). The van der Waals surface area contributed by atoms with Crippen molar-refractivity contribution in [1.29, 1.82) is 0 Å². The van der Waals surface area contributed by atoms with Crippen LogP contribution in [0.4, 0.5) is 5.82 Å². The molecule has 0 radical (unpaired) electrons. The number of carbonyl (C=O) groups is 1. The minimum absolute atomic E-state index is 0.0390. The van der Waals surface area contributed by atoms with Gasteiger partial charge in [-0.1, -0.05) is 35.9 Å². The summed E-state index contributed by atoms with van der Waals surface area (Å²) < 4.78 is 0. The Balaban J connectivity index is 1.61. The van der Waals surface area contributed by atoms with E-state index >= 15 is 0 Å². The number of hydrogen-bond acceptors (Lipinski definition) is 4. The summed E-state index contributed by atoms with van der Waals surface area (Å²) in [6.45, 7) is 0. The van der Waals surface area contributed by atoms with Crippen molar-refractivity contribution >= 4 is 23.3 Å². The third-order valence-electron chi connectivity index (χ3n) is 3.68. The predicted octanol–water partition coefficient (Wildman–Crippen LogP) is 2.38. The van der Waals surface area contributed by atoms with E-state index in [4.69, 9.17) is 11.6 Å². The minimum atomic E-state index is -0.0498. The maximum Gasteiger partial charge on any atom is 0.241 e. The molecule has 2 aromatic rings. The van der Waals surface area contributed by atoms with Crippen LogP contribution in [0, 0.1) is 5.92 Å². The van der Waals surface area contributed by atoms with Gasteiger partial charge >= 0.3 is 0 Å². The highest BCUT2D eigenvalue weighted by atomic mass is 35.5. The van der Waals surface area contributed by atoms with Crippen LogP contribution < -0.4 is 10.9 Å². The number of hydrazine groups is 1. The molecule has 1 aromatic carbocycles. The molecule has 3 rings (SSSR count). The largest absolute Gasteiger partial charge is 0.279 e. The summed E-state index contributed by atoms with van der Waals surface area (Å²) >= 11 is 5.87. The number of carbonyl (C=O) groups excluding carboxylic acids is 1. The molecule has 0 aliphatic heterocycles. The maximum absolute atomic E-state index is 12.2. The molecule has 6 heteroatoms. The van der Waals surface area contributed by atoms with Gasteiger partial charge in [0.2, 0.25) is 5.91 Å². The van der Waals surface area contributed by atoms with Crippen LogP contribution in [0.1, 0.15) is 17.5 Å². The van der Waals surface area contributed by atoms with Crippen LogP contribution in [-0.2, 0) is 17.6 Å².